The molecule has 0 bridgehead atoms. The fourth-order valence-corrected chi connectivity index (χ4v) is 2.67. The Balaban J connectivity index is 2.26. The molecule has 0 amide bonds. The standard InChI is InChI=1S/C18H27N5/c1-5-11-23(12-6-2)18-21-16(13-19-22-18)20-17-14(4)9-8-10-15(17)7-3/h8-10,13H,5-7,11-12H2,1-4H3,(H,20,21,22). The van der Waals surface area contributed by atoms with Crippen LogP contribution in [0, 0.1) is 6.92 Å². The summed E-state index contributed by atoms with van der Waals surface area (Å²) in [7, 11) is 0. The molecule has 1 heterocycles. The third-order valence-corrected chi connectivity index (χ3v) is 3.81. The van der Waals surface area contributed by atoms with Crippen molar-refractivity contribution in [2.45, 2.75) is 47.0 Å². The van der Waals surface area contributed by atoms with Crippen molar-refractivity contribution in [1.29, 1.82) is 0 Å². The van der Waals surface area contributed by atoms with Gasteiger partial charge in [-0.1, -0.05) is 39.0 Å². The van der Waals surface area contributed by atoms with Crippen LogP contribution in [-0.4, -0.2) is 28.3 Å². The van der Waals surface area contributed by atoms with Crippen molar-refractivity contribution in [2.24, 2.45) is 0 Å². The third-order valence-electron chi connectivity index (χ3n) is 3.81. The Morgan fingerprint density at radius 1 is 1.09 bits per heavy atom. The number of para-hydroxylation sites is 1. The zero-order chi connectivity index (χ0) is 16.7. The van der Waals surface area contributed by atoms with Gasteiger partial charge in [-0.3, -0.25) is 0 Å². The molecule has 0 saturated heterocycles. The summed E-state index contributed by atoms with van der Waals surface area (Å²) in [5, 5.41) is 11.8. The lowest BCUT2D eigenvalue weighted by molar-refractivity contribution is 0.711. The Hall–Kier alpha value is -2.17. The van der Waals surface area contributed by atoms with Gasteiger partial charge in [-0.2, -0.15) is 10.1 Å². The maximum absolute atomic E-state index is 4.66. The van der Waals surface area contributed by atoms with E-state index >= 15 is 0 Å². The molecule has 0 fully saturated rings. The SMILES string of the molecule is CCCN(CCC)c1nncc(Nc2c(C)cccc2CC)n1. The number of benzene rings is 1. The minimum Gasteiger partial charge on any atom is -0.339 e. The molecule has 1 aromatic heterocycles. The molecule has 23 heavy (non-hydrogen) atoms. The summed E-state index contributed by atoms with van der Waals surface area (Å²) in [4.78, 5) is 6.85. The molecule has 5 heteroatoms. The maximum atomic E-state index is 4.66. The van der Waals surface area contributed by atoms with Crippen molar-refractivity contribution in [3.05, 3.63) is 35.5 Å². The summed E-state index contributed by atoms with van der Waals surface area (Å²) in [6, 6.07) is 6.34. The van der Waals surface area contributed by atoms with Gasteiger partial charge in [-0.25, -0.2) is 0 Å². The lowest BCUT2D eigenvalue weighted by Crippen LogP contribution is -2.27. The molecule has 2 aromatic rings. The van der Waals surface area contributed by atoms with Gasteiger partial charge in [0.05, 0.1) is 6.20 Å². The molecular formula is C18H27N5. The van der Waals surface area contributed by atoms with E-state index in [0.29, 0.717) is 5.95 Å². The van der Waals surface area contributed by atoms with Gasteiger partial charge in [-0.15, -0.1) is 5.10 Å². The monoisotopic (exact) mass is 313 g/mol. The Labute approximate surface area is 139 Å². The minimum atomic E-state index is 0.699. The molecule has 0 aliphatic heterocycles. The first-order valence-corrected chi connectivity index (χ1v) is 8.49. The average Bonchev–Trinajstić information content (AvgIpc) is 2.57. The van der Waals surface area contributed by atoms with Gasteiger partial charge >= 0.3 is 0 Å². The molecule has 0 unspecified atom stereocenters. The number of anilines is 3. The molecule has 0 saturated carbocycles. The highest BCUT2D eigenvalue weighted by Gasteiger charge is 2.11. The van der Waals surface area contributed by atoms with Crippen LogP contribution in [0.4, 0.5) is 17.5 Å². The van der Waals surface area contributed by atoms with Crippen molar-refractivity contribution in [3.63, 3.8) is 0 Å². The van der Waals surface area contributed by atoms with Crippen LogP contribution in [0.15, 0.2) is 24.4 Å². The van der Waals surface area contributed by atoms with Gasteiger partial charge in [0.1, 0.15) is 0 Å². The Bertz CT molecular complexity index is 621. The van der Waals surface area contributed by atoms with Crippen LogP contribution in [0.5, 0.6) is 0 Å². The van der Waals surface area contributed by atoms with E-state index in [9.17, 15) is 0 Å². The van der Waals surface area contributed by atoms with Crippen LogP contribution in [0.1, 0.15) is 44.7 Å². The number of aromatic nitrogens is 3. The quantitative estimate of drug-likeness (QED) is 0.794. The summed E-state index contributed by atoms with van der Waals surface area (Å²) in [5.41, 5.74) is 3.62. The van der Waals surface area contributed by atoms with E-state index in [-0.39, 0.29) is 0 Å². The van der Waals surface area contributed by atoms with Crippen LogP contribution in [-0.2, 0) is 6.42 Å². The molecule has 0 aliphatic carbocycles. The highest BCUT2D eigenvalue weighted by Crippen LogP contribution is 2.24. The second-order valence-corrected chi connectivity index (χ2v) is 5.72. The van der Waals surface area contributed by atoms with Gasteiger partial charge in [0.2, 0.25) is 5.95 Å². The molecule has 1 aromatic carbocycles. The van der Waals surface area contributed by atoms with E-state index in [4.69, 9.17) is 0 Å². The van der Waals surface area contributed by atoms with Crippen molar-refractivity contribution in [3.8, 4) is 0 Å². The molecule has 0 aliphatic rings. The van der Waals surface area contributed by atoms with E-state index in [1.54, 1.807) is 6.20 Å². The molecule has 1 N–H and O–H groups in total. The normalized spacial score (nSPS) is 10.6. The van der Waals surface area contributed by atoms with Crippen molar-refractivity contribution >= 4 is 17.5 Å². The molecule has 0 spiro atoms. The lowest BCUT2D eigenvalue weighted by Gasteiger charge is -2.21. The van der Waals surface area contributed by atoms with Crippen molar-refractivity contribution in [1.82, 2.24) is 15.2 Å². The number of nitrogens with zero attached hydrogens (tertiary/aromatic N) is 4. The van der Waals surface area contributed by atoms with Crippen molar-refractivity contribution in [2.75, 3.05) is 23.3 Å². The largest absolute Gasteiger partial charge is 0.339 e. The van der Waals surface area contributed by atoms with Crippen LogP contribution in [0.2, 0.25) is 0 Å². The smallest absolute Gasteiger partial charge is 0.247 e. The Kier molecular flexibility index (Phi) is 6.32. The first-order valence-electron chi connectivity index (χ1n) is 8.49. The molecule has 0 radical (unpaired) electrons. The first kappa shape index (κ1) is 17.2. The highest BCUT2D eigenvalue weighted by atomic mass is 15.3. The number of hydrogen-bond donors (Lipinski definition) is 1. The molecular weight excluding hydrogens is 286 g/mol. The Morgan fingerprint density at radius 3 is 2.48 bits per heavy atom. The summed E-state index contributed by atoms with van der Waals surface area (Å²) in [6.07, 6.45) is 4.80. The average molecular weight is 313 g/mol. The topological polar surface area (TPSA) is 53.9 Å². The van der Waals surface area contributed by atoms with Crippen molar-refractivity contribution < 1.29 is 0 Å². The third kappa shape index (κ3) is 4.41. The van der Waals surface area contributed by atoms with Gasteiger partial charge in [0.15, 0.2) is 5.82 Å². The van der Waals surface area contributed by atoms with Gasteiger partial charge in [0.25, 0.3) is 0 Å². The van der Waals surface area contributed by atoms with Crippen LogP contribution in [0.25, 0.3) is 0 Å². The molecule has 5 nitrogen and oxygen atoms in total. The fourth-order valence-electron chi connectivity index (χ4n) is 2.67. The Morgan fingerprint density at radius 2 is 1.83 bits per heavy atom. The van der Waals surface area contributed by atoms with E-state index in [0.717, 1.165) is 43.9 Å². The number of aryl methyl sites for hydroxylation is 2. The van der Waals surface area contributed by atoms with Gasteiger partial charge < -0.3 is 10.2 Å². The number of hydrogen-bond acceptors (Lipinski definition) is 5. The number of nitrogens with one attached hydrogen (secondary N) is 1. The summed E-state index contributed by atoms with van der Waals surface area (Å²) in [6.45, 7) is 10.5. The zero-order valence-electron chi connectivity index (χ0n) is 14.6. The second kappa shape index (κ2) is 8.46. The fraction of sp³-hybridized carbons (Fsp3) is 0.500. The number of rotatable bonds is 8. The van der Waals surface area contributed by atoms with E-state index in [1.165, 1.54) is 11.1 Å². The highest BCUT2D eigenvalue weighted by molar-refractivity contribution is 5.64. The summed E-state index contributed by atoms with van der Waals surface area (Å²) >= 11 is 0. The summed E-state index contributed by atoms with van der Waals surface area (Å²) in [5.74, 6) is 1.45. The second-order valence-electron chi connectivity index (χ2n) is 5.72. The predicted octanol–water partition coefficient (Wildman–Crippen LogP) is 4.11. The van der Waals surface area contributed by atoms with Crippen LogP contribution >= 0.6 is 0 Å². The summed E-state index contributed by atoms with van der Waals surface area (Å²) < 4.78 is 0. The van der Waals surface area contributed by atoms with Crippen LogP contribution in [0.3, 0.4) is 0 Å². The van der Waals surface area contributed by atoms with Gasteiger partial charge in [0, 0.05) is 18.8 Å². The maximum Gasteiger partial charge on any atom is 0.247 e. The molecule has 2 rings (SSSR count). The minimum absolute atomic E-state index is 0.699. The van der Waals surface area contributed by atoms with E-state index < -0.39 is 0 Å². The zero-order valence-corrected chi connectivity index (χ0v) is 14.6. The first-order chi connectivity index (χ1) is 11.2. The molecule has 124 valence electrons. The molecule has 0 atom stereocenters. The van der Waals surface area contributed by atoms with E-state index in [1.807, 2.05) is 0 Å². The predicted molar refractivity (Wildman–Crippen MR) is 96.5 cm³/mol. The van der Waals surface area contributed by atoms with Gasteiger partial charge in [-0.05, 0) is 37.3 Å². The van der Waals surface area contributed by atoms with E-state index in [2.05, 4.69) is 71.3 Å². The lowest BCUT2D eigenvalue weighted by atomic mass is 10.1. The van der Waals surface area contributed by atoms with Crippen LogP contribution < -0.4 is 10.2 Å².